The van der Waals surface area contributed by atoms with Crippen molar-refractivity contribution in [3.05, 3.63) is 23.8 Å². The first-order valence-electron chi connectivity index (χ1n) is 6.60. The summed E-state index contributed by atoms with van der Waals surface area (Å²) in [5.41, 5.74) is -0.355. The number of urea groups is 1. The van der Waals surface area contributed by atoms with Crippen LogP contribution in [0.5, 0.6) is 11.5 Å². The Labute approximate surface area is 116 Å². The van der Waals surface area contributed by atoms with Crippen molar-refractivity contribution in [1.29, 1.82) is 0 Å². The summed E-state index contributed by atoms with van der Waals surface area (Å²) in [6, 6.07) is 4.93. The standard InChI is InChI=1S/C14H16N2O4/c1-3-6-16-12(17)14(2,15-13(16)18)9-4-5-10-11(7-9)20-8-19-10/h4-5,7H,3,6,8H2,1-2H3,(H,15,18). The molecular weight excluding hydrogens is 260 g/mol. The number of hydrogen-bond acceptors (Lipinski definition) is 4. The predicted molar refractivity (Wildman–Crippen MR) is 70.5 cm³/mol. The fraction of sp³-hybridized carbons (Fsp3) is 0.429. The number of fused-ring (bicyclic) bond motifs is 1. The van der Waals surface area contributed by atoms with Crippen molar-refractivity contribution < 1.29 is 19.1 Å². The monoisotopic (exact) mass is 276 g/mol. The number of amides is 3. The van der Waals surface area contributed by atoms with Gasteiger partial charge < -0.3 is 14.8 Å². The maximum Gasteiger partial charge on any atom is 0.325 e. The van der Waals surface area contributed by atoms with Crippen LogP contribution in [0.3, 0.4) is 0 Å². The van der Waals surface area contributed by atoms with E-state index in [0.29, 0.717) is 23.6 Å². The zero-order valence-corrected chi connectivity index (χ0v) is 11.4. The maximum atomic E-state index is 12.5. The lowest BCUT2D eigenvalue weighted by Gasteiger charge is -2.22. The summed E-state index contributed by atoms with van der Waals surface area (Å²) in [5, 5.41) is 2.76. The van der Waals surface area contributed by atoms with Gasteiger partial charge in [-0.2, -0.15) is 0 Å². The number of imide groups is 1. The van der Waals surface area contributed by atoms with Gasteiger partial charge in [0.1, 0.15) is 5.54 Å². The average Bonchev–Trinajstić information content (AvgIpc) is 2.97. The largest absolute Gasteiger partial charge is 0.454 e. The van der Waals surface area contributed by atoms with Gasteiger partial charge in [0.2, 0.25) is 6.79 Å². The molecule has 6 nitrogen and oxygen atoms in total. The fourth-order valence-electron chi connectivity index (χ4n) is 2.53. The third-order valence-corrected chi connectivity index (χ3v) is 3.67. The third-order valence-electron chi connectivity index (χ3n) is 3.67. The highest BCUT2D eigenvalue weighted by Gasteiger charge is 2.48. The second kappa shape index (κ2) is 4.40. The molecule has 3 amide bonds. The lowest BCUT2D eigenvalue weighted by atomic mass is 9.91. The van der Waals surface area contributed by atoms with E-state index in [2.05, 4.69) is 5.32 Å². The van der Waals surface area contributed by atoms with E-state index in [4.69, 9.17) is 9.47 Å². The molecule has 0 aliphatic carbocycles. The van der Waals surface area contributed by atoms with E-state index in [1.54, 1.807) is 25.1 Å². The molecule has 0 spiro atoms. The van der Waals surface area contributed by atoms with Crippen molar-refractivity contribution in [2.24, 2.45) is 0 Å². The highest BCUT2D eigenvalue weighted by Crippen LogP contribution is 2.37. The van der Waals surface area contributed by atoms with E-state index in [9.17, 15) is 9.59 Å². The molecule has 106 valence electrons. The Morgan fingerprint density at radius 1 is 1.30 bits per heavy atom. The van der Waals surface area contributed by atoms with Gasteiger partial charge in [0.05, 0.1) is 0 Å². The molecule has 1 aromatic carbocycles. The Morgan fingerprint density at radius 2 is 2.05 bits per heavy atom. The fourth-order valence-corrected chi connectivity index (χ4v) is 2.53. The number of nitrogens with zero attached hydrogens (tertiary/aromatic N) is 1. The minimum atomic E-state index is -1.05. The molecule has 2 aliphatic rings. The lowest BCUT2D eigenvalue weighted by molar-refractivity contribution is -0.131. The van der Waals surface area contributed by atoms with Crippen molar-refractivity contribution in [3.63, 3.8) is 0 Å². The van der Waals surface area contributed by atoms with Gasteiger partial charge in [-0.25, -0.2) is 4.79 Å². The van der Waals surface area contributed by atoms with E-state index in [-0.39, 0.29) is 18.7 Å². The minimum absolute atomic E-state index is 0.178. The van der Waals surface area contributed by atoms with Gasteiger partial charge in [0.15, 0.2) is 11.5 Å². The molecule has 0 radical (unpaired) electrons. The Balaban J connectivity index is 1.97. The van der Waals surface area contributed by atoms with Crippen LogP contribution in [0.25, 0.3) is 0 Å². The van der Waals surface area contributed by atoms with Gasteiger partial charge >= 0.3 is 6.03 Å². The quantitative estimate of drug-likeness (QED) is 0.851. The van der Waals surface area contributed by atoms with Gasteiger partial charge in [-0.05, 0) is 31.0 Å². The van der Waals surface area contributed by atoms with Crippen LogP contribution in [0.15, 0.2) is 18.2 Å². The normalized spacial score (nSPS) is 24.2. The lowest BCUT2D eigenvalue weighted by Crippen LogP contribution is -2.40. The number of carbonyl (C=O) groups excluding carboxylic acids is 2. The van der Waals surface area contributed by atoms with Crippen LogP contribution in [0.2, 0.25) is 0 Å². The van der Waals surface area contributed by atoms with Crippen molar-refractivity contribution >= 4 is 11.9 Å². The van der Waals surface area contributed by atoms with Crippen molar-refractivity contribution in [2.45, 2.75) is 25.8 Å². The van der Waals surface area contributed by atoms with E-state index >= 15 is 0 Å². The van der Waals surface area contributed by atoms with Crippen LogP contribution >= 0.6 is 0 Å². The summed E-state index contributed by atoms with van der Waals surface area (Å²) in [5.74, 6) is 1.02. The van der Waals surface area contributed by atoms with Gasteiger partial charge in [0.25, 0.3) is 5.91 Å². The zero-order chi connectivity index (χ0) is 14.3. The second-order valence-electron chi connectivity index (χ2n) is 5.08. The van der Waals surface area contributed by atoms with Gasteiger partial charge in [-0.1, -0.05) is 13.0 Å². The molecule has 0 saturated carbocycles. The third kappa shape index (κ3) is 1.71. The number of rotatable bonds is 3. The number of benzene rings is 1. The van der Waals surface area contributed by atoms with Crippen LogP contribution < -0.4 is 14.8 Å². The first-order chi connectivity index (χ1) is 9.56. The molecule has 0 bridgehead atoms. The smallest absolute Gasteiger partial charge is 0.325 e. The number of carbonyl (C=O) groups is 2. The summed E-state index contributed by atoms with van der Waals surface area (Å²) in [4.78, 5) is 25.7. The Kier molecular flexibility index (Phi) is 2.81. The molecule has 20 heavy (non-hydrogen) atoms. The van der Waals surface area contributed by atoms with Crippen LogP contribution in [0.1, 0.15) is 25.8 Å². The SMILES string of the molecule is CCCN1C(=O)NC(C)(c2ccc3c(c2)OCO3)C1=O. The van der Waals surface area contributed by atoms with Crippen molar-refractivity contribution in [2.75, 3.05) is 13.3 Å². The van der Waals surface area contributed by atoms with Gasteiger partial charge in [-0.3, -0.25) is 9.69 Å². The van der Waals surface area contributed by atoms with Crippen LogP contribution in [-0.4, -0.2) is 30.2 Å². The molecule has 1 unspecified atom stereocenters. The summed E-state index contributed by atoms with van der Waals surface area (Å²) in [7, 11) is 0. The molecule has 6 heteroatoms. The summed E-state index contributed by atoms with van der Waals surface area (Å²) in [6.07, 6.45) is 0.733. The second-order valence-corrected chi connectivity index (χ2v) is 5.08. The minimum Gasteiger partial charge on any atom is -0.454 e. The molecule has 1 fully saturated rings. The molecule has 3 rings (SSSR count). The number of hydrogen-bond donors (Lipinski definition) is 1. The first-order valence-corrected chi connectivity index (χ1v) is 6.60. The Hall–Kier alpha value is -2.24. The summed E-state index contributed by atoms with van der Waals surface area (Å²) in [6.45, 7) is 4.24. The molecule has 0 aromatic heterocycles. The zero-order valence-electron chi connectivity index (χ0n) is 11.4. The van der Waals surface area contributed by atoms with Crippen molar-refractivity contribution in [3.8, 4) is 11.5 Å². The predicted octanol–water partition coefficient (Wildman–Crippen LogP) is 1.59. The molecule has 1 saturated heterocycles. The Morgan fingerprint density at radius 3 is 2.80 bits per heavy atom. The van der Waals surface area contributed by atoms with E-state index in [0.717, 1.165) is 6.42 Å². The van der Waals surface area contributed by atoms with E-state index in [1.165, 1.54) is 4.90 Å². The highest BCUT2D eigenvalue weighted by molar-refractivity contribution is 6.07. The molecule has 2 aliphatic heterocycles. The average molecular weight is 276 g/mol. The van der Waals surface area contributed by atoms with Crippen molar-refractivity contribution in [1.82, 2.24) is 10.2 Å². The Bertz CT molecular complexity index is 587. The van der Waals surface area contributed by atoms with Crippen LogP contribution in [-0.2, 0) is 10.3 Å². The topological polar surface area (TPSA) is 67.9 Å². The van der Waals surface area contributed by atoms with E-state index < -0.39 is 5.54 Å². The number of ether oxygens (including phenoxy) is 2. The van der Waals surface area contributed by atoms with Crippen LogP contribution in [0.4, 0.5) is 4.79 Å². The molecule has 2 heterocycles. The van der Waals surface area contributed by atoms with Gasteiger partial charge in [-0.15, -0.1) is 0 Å². The number of nitrogens with one attached hydrogen (secondary N) is 1. The first kappa shape index (κ1) is 12.8. The van der Waals surface area contributed by atoms with E-state index in [1.807, 2.05) is 6.92 Å². The van der Waals surface area contributed by atoms with Crippen LogP contribution in [0, 0.1) is 0 Å². The maximum absolute atomic E-state index is 12.5. The summed E-state index contributed by atoms with van der Waals surface area (Å²) >= 11 is 0. The molecule has 1 atom stereocenters. The highest BCUT2D eigenvalue weighted by atomic mass is 16.7. The molecular formula is C14H16N2O4. The molecule has 1 N–H and O–H groups in total. The molecule has 1 aromatic rings. The summed E-state index contributed by atoms with van der Waals surface area (Å²) < 4.78 is 10.6. The van der Waals surface area contributed by atoms with Gasteiger partial charge in [0, 0.05) is 6.54 Å².